The van der Waals surface area contributed by atoms with Gasteiger partial charge in [-0.2, -0.15) is 11.8 Å². The Morgan fingerprint density at radius 1 is 1.53 bits per heavy atom. The fourth-order valence-electron chi connectivity index (χ4n) is 2.51. The first kappa shape index (κ1) is 15.1. The van der Waals surface area contributed by atoms with Crippen molar-refractivity contribution in [2.24, 2.45) is 0 Å². The van der Waals surface area contributed by atoms with Gasteiger partial charge in [0.25, 0.3) is 0 Å². The van der Waals surface area contributed by atoms with Crippen molar-refractivity contribution in [3.63, 3.8) is 0 Å². The van der Waals surface area contributed by atoms with Crippen molar-refractivity contribution in [3.8, 4) is 0 Å². The van der Waals surface area contributed by atoms with Gasteiger partial charge in [-0.25, -0.2) is 4.39 Å². The number of thioether (sulfide) groups is 1. The van der Waals surface area contributed by atoms with Gasteiger partial charge in [0.1, 0.15) is 5.82 Å². The maximum Gasteiger partial charge on any atom is 0.124 e. The van der Waals surface area contributed by atoms with Gasteiger partial charge in [0.05, 0.1) is 0 Å². The molecule has 0 spiro atoms. The zero-order chi connectivity index (χ0) is 13.7. The lowest BCUT2D eigenvalue weighted by Gasteiger charge is -2.24. The Balaban J connectivity index is 2.05. The molecule has 0 bridgehead atoms. The molecule has 0 amide bonds. The molecule has 2 rings (SSSR count). The average Bonchev–Trinajstić information content (AvgIpc) is 2.90. The van der Waals surface area contributed by atoms with Crippen LogP contribution in [0.2, 0.25) is 5.02 Å². The van der Waals surface area contributed by atoms with Gasteiger partial charge in [0.2, 0.25) is 0 Å². The Morgan fingerprint density at radius 2 is 2.37 bits per heavy atom. The second kappa shape index (κ2) is 7.51. The predicted molar refractivity (Wildman–Crippen MR) is 82.7 cm³/mol. The minimum absolute atomic E-state index is 0.262. The van der Waals surface area contributed by atoms with Crippen LogP contribution in [0.1, 0.15) is 31.7 Å². The molecule has 0 radical (unpaired) electrons. The second-order valence-corrected chi connectivity index (χ2v) is 6.81. The summed E-state index contributed by atoms with van der Waals surface area (Å²) in [4.78, 5) is 0. The van der Waals surface area contributed by atoms with Gasteiger partial charge in [0, 0.05) is 16.3 Å². The summed E-state index contributed by atoms with van der Waals surface area (Å²) >= 11 is 8.19. The highest BCUT2D eigenvalue weighted by Gasteiger charge is 2.25. The molecule has 1 aromatic rings. The monoisotopic (exact) mass is 301 g/mol. The van der Waals surface area contributed by atoms with Crippen LogP contribution in [0, 0.1) is 5.82 Å². The highest BCUT2D eigenvalue weighted by molar-refractivity contribution is 8.00. The highest BCUT2D eigenvalue weighted by Crippen LogP contribution is 2.31. The van der Waals surface area contributed by atoms with E-state index in [2.05, 4.69) is 12.2 Å². The molecule has 1 saturated heterocycles. The number of hydrogen-bond donors (Lipinski definition) is 1. The van der Waals surface area contributed by atoms with Crippen LogP contribution in [0.5, 0.6) is 0 Å². The second-order valence-electron chi connectivity index (χ2n) is 5.05. The highest BCUT2D eigenvalue weighted by atomic mass is 35.5. The molecule has 106 valence electrons. The van der Waals surface area contributed by atoms with E-state index in [0.717, 1.165) is 24.9 Å². The zero-order valence-corrected chi connectivity index (χ0v) is 12.9. The standard InChI is InChI=1S/C15H21ClFNS/c1-2-7-18-14(15-4-3-8-19-15)9-11-5-6-12(17)10-13(11)16/h5-6,10,14-15,18H,2-4,7-9H2,1H3. The zero-order valence-electron chi connectivity index (χ0n) is 11.3. The molecular formula is C15H21ClFNS. The smallest absolute Gasteiger partial charge is 0.124 e. The van der Waals surface area contributed by atoms with Crippen LogP contribution in [-0.2, 0) is 6.42 Å². The Labute approximate surface area is 124 Å². The summed E-state index contributed by atoms with van der Waals surface area (Å²) in [5.74, 6) is 0.994. The van der Waals surface area contributed by atoms with Crippen molar-refractivity contribution in [1.29, 1.82) is 0 Å². The summed E-state index contributed by atoms with van der Waals surface area (Å²) in [6, 6.07) is 5.17. The van der Waals surface area contributed by atoms with Gasteiger partial charge in [-0.15, -0.1) is 0 Å². The van der Waals surface area contributed by atoms with Gasteiger partial charge in [0.15, 0.2) is 0 Å². The van der Waals surface area contributed by atoms with Crippen LogP contribution in [0.4, 0.5) is 4.39 Å². The fraction of sp³-hybridized carbons (Fsp3) is 0.600. The molecule has 0 saturated carbocycles. The lowest BCUT2D eigenvalue weighted by atomic mass is 10.0. The van der Waals surface area contributed by atoms with Crippen LogP contribution in [-0.4, -0.2) is 23.6 Å². The maximum absolute atomic E-state index is 13.1. The number of rotatable bonds is 6. The van der Waals surface area contributed by atoms with Gasteiger partial charge in [-0.1, -0.05) is 24.6 Å². The van der Waals surface area contributed by atoms with Gasteiger partial charge in [-0.05, 0) is 55.7 Å². The molecule has 1 nitrogen and oxygen atoms in total. The Hall–Kier alpha value is -0.250. The number of halogens is 2. The van der Waals surface area contributed by atoms with E-state index >= 15 is 0 Å². The topological polar surface area (TPSA) is 12.0 Å². The molecule has 1 N–H and O–H groups in total. The quantitative estimate of drug-likeness (QED) is 0.841. The molecule has 0 aromatic heterocycles. The molecule has 19 heavy (non-hydrogen) atoms. The van der Waals surface area contributed by atoms with Crippen molar-refractivity contribution in [1.82, 2.24) is 5.32 Å². The van der Waals surface area contributed by atoms with E-state index in [-0.39, 0.29) is 5.82 Å². The summed E-state index contributed by atoms with van der Waals surface area (Å²) in [7, 11) is 0. The van der Waals surface area contributed by atoms with E-state index in [1.165, 1.54) is 30.7 Å². The van der Waals surface area contributed by atoms with Gasteiger partial charge in [-0.3, -0.25) is 0 Å². The fourth-order valence-corrected chi connectivity index (χ4v) is 4.15. The number of hydrogen-bond acceptors (Lipinski definition) is 2. The third-order valence-corrected chi connectivity index (χ3v) is 5.39. The number of benzene rings is 1. The lowest BCUT2D eigenvalue weighted by molar-refractivity contribution is 0.481. The summed E-state index contributed by atoms with van der Waals surface area (Å²) in [5, 5.41) is 4.84. The SMILES string of the molecule is CCCNC(Cc1ccc(F)cc1Cl)C1CCCS1. The van der Waals surface area contributed by atoms with Crippen LogP contribution in [0.15, 0.2) is 18.2 Å². The molecule has 1 fully saturated rings. The van der Waals surface area contributed by atoms with Crippen LogP contribution in [0.3, 0.4) is 0 Å². The first-order valence-electron chi connectivity index (χ1n) is 6.99. The first-order chi connectivity index (χ1) is 9.20. The first-order valence-corrected chi connectivity index (χ1v) is 8.42. The van der Waals surface area contributed by atoms with Crippen molar-refractivity contribution in [2.75, 3.05) is 12.3 Å². The molecule has 1 heterocycles. The Morgan fingerprint density at radius 3 is 3.00 bits per heavy atom. The van der Waals surface area contributed by atoms with Crippen LogP contribution >= 0.6 is 23.4 Å². The average molecular weight is 302 g/mol. The summed E-state index contributed by atoms with van der Waals surface area (Å²) < 4.78 is 13.1. The van der Waals surface area contributed by atoms with Gasteiger partial charge >= 0.3 is 0 Å². The predicted octanol–water partition coefficient (Wildman–Crippen LogP) is 4.29. The third-order valence-electron chi connectivity index (χ3n) is 3.53. The van der Waals surface area contributed by atoms with E-state index < -0.39 is 0 Å². The molecule has 2 atom stereocenters. The summed E-state index contributed by atoms with van der Waals surface area (Å²) in [6.07, 6.45) is 4.59. The van der Waals surface area contributed by atoms with Crippen LogP contribution < -0.4 is 5.32 Å². The van der Waals surface area contributed by atoms with E-state index in [1.807, 2.05) is 17.8 Å². The normalized spacial score (nSPS) is 20.7. The molecular weight excluding hydrogens is 281 g/mol. The maximum atomic E-state index is 13.1. The minimum atomic E-state index is -0.262. The Kier molecular flexibility index (Phi) is 5.99. The summed E-state index contributed by atoms with van der Waals surface area (Å²) in [6.45, 7) is 3.21. The van der Waals surface area contributed by atoms with Crippen LogP contribution in [0.25, 0.3) is 0 Å². The largest absolute Gasteiger partial charge is 0.313 e. The molecule has 1 aliphatic heterocycles. The lowest BCUT2D eigenvalue weighted by Crippen LogP contribution is -2.39. The Bertz CT molecular complexity index is 407. The van der Waals surface area contributed by atoms with E-state index in [4.69, 9.17) is 11.6 Å². The van der Waals surface area contributed by atoms with E-state index in [1.54, 1.807) is 0 Å². The van der Waals surface area contributed by atoms with Crippen molar-refractivity contribution >= 4 is 23.4 Å². The molecule has 1 aromatic carbocycles. The third kappa shape index (κ3) is 4.37. The van der Waals surface area contributed by atoms with E-state index in [0.29, 0.717) is 16.3 Å². The van der Waals surface area contributed by atoms with E-state index in [9.17, 15) is 4.39 Å². The summed E-state index contributed by atoms with van der Waals surface area (Å²) in [5.41, 5.74) is 1.05. The van der Waals surface area contributed by atoms with Crippen molar-refractivity contribution < 1.29 is 4.39 Å². The van der Waals surface area contributed by atoms with Crippen molar-refractivity contribution in [3.05, 3.63) is 34.6 Å². The molecule has 2 unspecified atom stereocenters. The van der Waals surface area contributed by atoms with Gasteiger partial charge < -0.3 is 5.32 Å². The molecule has 0 aliphatic carbocycles. The molecule has 4 heteroatoms. The molecule has 1 aliphatic rings. The minimum Gasteiger partial charge on any atom is -0.313 e. The number of nitrogens with one attached hydrogen (secondary N) is 1. The van der Waals surface area contributed by atoms with Crippen molar-refractivity contribution in [2.45, 2.75) is 43.9 Å².